The molecule has 0 fully saturated rings. The van der Waals surface area contributed by atoms with Gasteiger partial charge in [-0.3, -0.25) is 9.11 Å². The molecule has 0 aliphatic rings. The predicted octanol–water partition coefficient (Wildman–Crippen LogP) is -0.300. The Morgan fingerprint density at radius 1 is 1.29 bits per heavy atom. The van der Waals surface area contributed by atoms with Crippen molar-refractivity contribution in [2.45, 2.75) is 0 Å². The molecule has 2 aromatic rings. The van der Waals surface area contributed by atoms with Crippen LogP contribution in [0.2, 0.25) is 0 Å². The summed E-state index contributed by atoms with van der Waals surface area (Å²) >= 11 is 0. The molecule has 0 saturated heterocycles. The fourth-order valence-electron chi connectivity index (χ4n) is 0.691. The van der Waals surface area contributed by atoms with Crippen molar-refractivity contribution < 1.29 is 17.5 Å². The molecule has 9 heteroatoms. The Morgan fingerprint density at radius 3 is 2.50 bits per heavy atom. The summed E-state index contributed by atoms with van der Waals surface area (Å²) in [6.45, 7) is 0. The van der Waals surface area contributed by atoms with Crippen molar-refractivity contribution in [1.82, 2.24) is 19.9 Å². The van der Waals surface area contributed by atoms with E-state index in [2.05, 4.69) is 19.9 Å². The summed E-state index contributed by atoms with van der Waals surface area (Å²) in [5, 5.41) is 0. The van der Waals surface area contributed by atoms with Crippen LogP contribution in [0.25, 0.3) is 11.2 Å². The predicted molar refractivity (Wildman–Crippen MR) is 45.9 cm³/mol. The fourth-order valence-corrected chi connectivity index (χ4v) is 0.691. The van der Waals surface area contributed by atoms with E-state index >= 15 is 0 Å². The van der Waals surface area contributed by atoms with Crippen LogP contribution < -0.4 is 0 Å². The van der Waals surface area contributed by atoms with Crippen LogP contribution in [0.15, 0.2) is 18.9 Å². The minimum absolute atomic E-state index is 0.713. The van der Waals surface area contributed by atoms with Gasteiger partial charge in [-0.05, 0) is 0 Å². The summed E-state index contributed by atoms with van der Waals surface area (Å²) in [5.41, 5.74) is 1.59. The van der Waals surface area contributed by atoms with Gasteiger partial charge < -0.3 is 4.98 Å². The van der Waals surface area contributed by atoms with Gasteiger partial charge in [-0.2, -0.15) is 8.42 Å². The highest BCUT2D eigenvalue weighted by Crippen LogP contribution is 1.99. The molecule has 14 heavy (non-hydrogen) atoms. The summed E-state index contributed by atoms with van der Waals surface area (Å²) in [5.74, 6) is 0. The van der Waals surface area contributed by atoms with Gasteiger partial charge in [0, 0.05) is 0 Å². The number of aromatic nitrogens is 4. The van der Waals surface area contributed by atoms with E-state index in [0.717, 1.165) is 5.52 Å². The van der Waals surface area contributed by atoms with Crippen molar-refractivity contribution in [3.8, 4) is 0 Å². The van der Waals surface area contributed by atoms with Crippen molar-refractivity contribution in [3.63, 3.8) is 0 Å². The fraction of sp³-hybridized carbons (Fsp3) is 0. The van der Waals surface area contributed by atoms with Crippen LogP contribution in [0, 0.1) is 0 Å². The van der Waals surface area contributed by atoms with E-state index in [4.69, 9.17) is 17.5 Å². The number of H-pyrrole nitrogens is 1. The lowest BCUT2D eigenvalue weighted by Crippen LogP contribution is -1.89. The number of aromatic amines is 1. The van der Waals surface area contributed by atoms with E-state index < -0.39 is 10.4 Å². The number of nitrogens with zero attached hydrogens (tertiary/aromatic N) is 3. The van der Waals surface area contributed by atoms with Gasteiger partial charge in [0.05, 0.1) is 12.5 Å². The maximum Gasteiger partial charge on any atom is 0.394 e. The first-order valence-electron chi connectivity index (χ1n) is 3.26. The van der Waals surface area contributed by atoms with Crippen LogP contribution in [-0.4, -0.2) is 37.5 Å². The largest absolute Gasteiger partial charge is 0.394 e. The molecule has 8 nitrogen and oxygen atoms in total. The lowest BCUT2D eigenvalue weighted by molar-refractivity contribution is 0.381. The summed E-state index contributed by atoms with van der Waals surface area (Å²) in [4.78, 5) is 14.5. The molecule has 3 N–H and O–H groups in total. The average Bonchev–Trinajstić information content (AvgIpc) is 2.47. The first-order valence-corrected chi connectivity index (χ1v) is 4.65. The van der Waals surface area contributed by atoms with Crippen molar-refractivity contribution in [1.29, 1.82) is 0 Å². The SMILES string of the molecule is O=S(=O)(O)O.c1ncc2[nH]cnc2n1. The second kappa shape index (κ2) is 4.09. The molecule has 0 atom stereocenters. The van der Waals surface area contributed by atoms with E-state index in [1.807, 2.05) is 0 Å². The minimum atomic E-state index is -4.67. The lowest BCUT2D eigenvalue weighted by Gasteiger charge is -1.80. The first-order chi connectivity index (χ1) is 6.47. The maximum absolute atomic E-state index is 8.74. The lowest BCUT2D eigenvalue weighted by atomic mass is 10.6. The van der Waals surface area contributed by atoms with Crippen LogP contribution in [0.3, 0.4) is 0 Å². The number of imidazole rings is 1. The van der Waals surface area contributed by atoms with Crippen molar-refractivity contribution in [3.05, 3.63) is 18.9 Å². The zero-order valence-electron chi connectivity index (χ0n) is 6.69. The standard InChI is InChI=1S/C5H4N4.H2O4S/c1-4-5(8-2-6-1)9-3-7-4;1-5(2,3)4/h1-3H,(H,6,7,8,9);(H2,1,2,3,4). The normalized spacial score (nSPS) is 10.7. The van der Waals surface area contributed by atoms with Crippen LogP contribution in [0.5, 0.6) is 0 Å². The summed E-state index contributed by atoms with van der Waals surface area (Å²) in [6.07, 6.45) is 4.76. The molecule has 0 spiro atoms. The first kappa shape index (κ1) is 10.5. The molecule has 0 saturated carbocycles. The van der Waals surface area contributed by atoms with Crippen LogP contribution in [0.4, 0.5) is 0 Å². The number of hydrogen-bond donors (Lipinski definition) is 3. The topological polar surface area (TPSA) is 129 Å². The Morgan fingerprint density at radius 2 is 1.93 bits per heavy atom. The summed E-state index contributed by atoms with van der Waals surface area (Å²) in [6, 6.07) is 0. The van der Waals surface area contributed by atoms with E-state index in [9.17, 15) is 0 Å². The molecule has 0 bridgehead atoms. The zero-order chi connectivity index (χ0) is 10.6. The van der Waals surface area contributed by atoms with Crippen molar-refractivity contribution >= 4 is 21.6 Å². The Labute approximate surface area is 78.6 Å². The molecule has 0 aliphatic carbocycles. The van der Waals surface area contributed by atoms with E-state index in [1.54, 1.807) is 12.5 Å². The van der Waals surface area contributed by atoms with Gasteiger partial charge in [0.1, 0.15) is 11.8 Å². The third kappa shape index (κ3) is 3.89. The summed E-state index contributed by atoms with van der Waals surface area (Å²) in [7, 11) is -4.67. The number of nitrogens with one attached hydrogen (secondary N) is 1. The minimum Gasteiger partial charge on any atom is -0.342 e. The van der Waals surface area contributed by atoms with Gasteiger partial charge in [0.25, 0.3) is 0 Å². The van der Waals surface area contributed by atoms with Crippen LogP contribution in [-0.2, 0) is 10.4 Å². The number of fused-ring (bicyclic) bond motifs is 1. The Bertz CT molecular complexity index is 469. The van der Waals surface area contributed by atoms with E-state index in [1.165, 1.54) is 6.33 Å². The molecule has 0 aliphatic heterocycles. The Kier molecular flexibility index (Phi) is 3.06. The third-order valence-corrected chi connectivity index (χ3v) is 1.10. The maximum atomic E-state index is 8.74. The molecule has 0 unspecified atom stereocenters. The molecule has 0 radical (unpaired) electrons. The average molecular weight is 218 g/mol. The number of rotatable bonds is 0. The van der Waals surface area contributed by atoms with Gasteiger partial charge in [0.15, 0.2) is 5.65 Å². The molecule has 0 aromatic carbocycles. The quantitative estimate of drug-likeness (QED) is 0.517. The second-order valence-corrected chi connectivity index (χ2v) is 3.01. The third-order valence-electron chi connectivity index (χ3n) is 1.10. The monoisotopic (exact) mass is 218 g/mol. The van der Waals surface area contributed by atoms with E-state index in [-0.39, 0.29) is 0 Å². The molecule has 2 rings (SSSR count). The molecule has 0 amide bonds. The number of hydrogen-bond acceptors (Lipinski definition) is 5. The van der Waals surface area contributed by atoms with E-state index in [0.29, 0.717) is 5.65 Å². The Hall–Kier alpha value is -1.58. The highest BCUT2D eigenvalue weighted by molar-refractivity contribution is 7.79. The van der Waals surface area contributed by atoms with Crippen LogP contribution in [0.1, 0.15) is 0 Å². The van der Waals surface area contributed by atoms with Gasteiger partial charge in [-0.25, -0.2) is 15.0 Å². The van der Waals surface area contributed by atoms with Crippen LogP contribution >= 0.6 is 0 Å². The van der Waals surface area contributed by atoms with Gasteiger partial charge >= 0.3 is 10.4 Å². The highest BCUT2D eigenvalue weighted by atomic mass is 32.3. The molecular weight excluding hydrogens is 212 g/mol. The van der Waals surface area contributed by atoms with Gasteiger partial charge in [-0.15, -0.1) is 0 Å². The highest BCUT2D eigenvalue weighted by Gasteiger charge is 1.91. The molecule has 76 valence electrons. The molecule has 2 heterocycles. The van der Waals surface area contributed by atoms with Crippen molar-refractivity contribution in [2.24, 2.45) is 0 Å². The van der Waals surface area contributed by atoms with Gasteiger partial charge in [0.2, 0.25) is 0 Å². The second-order valence-electron chi connectivity index (χ2n) is 2.11. The van der Waals surface area contributed by atoms with Gasteiger partial charge in [-0.1, -0.05) is 0 Å². The van der Waals surface area contributed by atoms with Crippen molar-refractivity contribution in [2.75, 3.05) is 0 Å². The zero-order valence-corrected chi connectivity index (χ0v) is 7.51. The Balaban J connectivity index is 0.000000171. The smallest absolute Gasteiger partial charge is 0.342 e. The summed E-state index contributed by atoms with van der Waals surface area (Å²) < 4.78 is 31.6. The molecule has 2 aromatic heterocycles. The molecular formula is C5H6N4O4S.